The Morgan fingerprint density at radius 3 is 2.24 bits per heavy atom. The van der Waals surface area contributed by atoms with Gasteiger partial charge in [-0.05, 0) is 49.8 Å². The van der Waals surface area contributed by atoms with Crippen LogP contribution in [0.4, 0.5) is 5.69 Å². The van der Waals surface area contributed by atoms with Crippen LogP contribution in [0.5, 0.6) is 0 Å². The van der Waals surface area contributed by atoms with Crippen LogP contribution < -0.4 is 0 Å². The van der Waals surface area contributed by atoms with Crippen molar-refractivity contribution < 1.29 is 4.92 Å². The summed E-state index contributed by atoms with van der Waals surface area (Å²) in [5.74, 6) is 0. The van der Waals surface area contributed by atoms with Crippen molar-refractivity contribution in [3.05, 3.63) is 50.6 Å². The molecule has 0 aliphatic carbocycles. The maximum absolute atomic E-state index is 11.3. The van der Waals surface area contributed by atoms with Crippen molar-refractivity contribution in [1.82, 2.24) is 0 Å². The molecule has 0 aliphatic rings. The van der Waals surface area contributed by atoms with Gasteiger partial charge >= 0.3 is 0 Å². The first-order chi connectivity index (χ1) is 7.95. The summed E-state index contributed by atoms with van der Waals surface area (Å²) in [6.45, 7) is 7.71. The Bertz CT molecular complexity index is 630. The summed E-state index contributed by atoms with van der Waals surface area (Å²) in [5.41, 5.74) is 4.12. The van der Waals surface area contributed by atoms with Crippen molar-refractivity contribution in [2.24, 2.45) is 0 Å². The molecular weight excluding hydrogens is 214 g/mol. The van der Waals surface area contributed by atoms with Crippen LogP contribution in [0.25, 0.3) is 10.8 Å². The standard InChI is InChI=1S/C14H15NO2/c1-8-6-5-7-12-10(3)9(2)11(4)14(13(8)12)15(16)17/h5-7H,1-4H3. The lowest BCUT2D eigenvalue weighted by Gasteiger charge is -2.12. The summed E-state index contributed by atoms with van der Waals surface area (Å²) in [4.78, 5) is 11.0. The Kier molecular flexibility index (Phi) is 2.62. The third-order valence-corrected chi connectivity index (χ3v) is 3.58. The van der Waals surface area contributed by atoms with E-state index in [2.05, 4.69) is 0 Å². The van der Waals surface area contributed by atoms with Crippen LogP contribution in [-0.4, -0.2) is 4.92 Å². The van der Waals surface area contributed by atoms with Gasteiger partial charge in [0.05, 0.1) is 10.3 Å². The van der Waals surface area contributed by atoms with E-state index < -0.39 is 0 Å². The minimum absolute atomic E-state index is 0.251. The van der Waals surface area contributed by atoms with Crippen LogP contribution in [0, 0.1) is 37.8 Å². The van der Waals surface area contributed by atoms with Crippen LogP contribution in [0.15, 0.2) is 18.2 Å². The van der Waals surface area contributed by atoms with Gasteiger partial charge in [-0.3, -0.25) is 10.1 Å². The van der Waals surface area contributed by atoms with E-state index in [1.54, 1.807) is 0 Å². The number of aryl methyl sites for hydroxylation is 2. The van der Waals surface area contributed by atoms with Gasteiger partial charge in [-0.15, -0.1) is 0 Å². The molecule has 0 spiro atoms. The van der Waals surface area contributed by atoms with E-state index in [0.29, 0.717) is 0 Å². The lowest BCUT2D eigenvalue weighted by molar-refractivity contribution is -0.383. The number of hydrogen-bond donors (Lipinski definition) is 0. The lowest BCUT2D eigenvalue weighted by Crippen LogP contribution is -1.99. The normalized spacial score (nSPS) is 10.8. The highest BCUT2D eigenvalue weighted by molar-refractivity contribution is 5.98. The molecule has 0 aromatic heterocycles. The highest BCUT2D eigenvalue weighted by atomic mass is 16.6. The van der Waals surface area contributed by atoms with Gasteiger partial charge in [0, 0.05) is 5.56 Å². The molecule has 0 atom stereocenters. The Morgan fingerprint density at radius 1 is 1.00 bits per heavy atom. The molecule has 3 heteroatoms. The van der Waals surface area contributed by atoms with Gasteiger partial charge in [0.2, 0.25) is 0 Å². The summed E-state index contributed by atoms with van der Waals surface area (Å²) in [5, 5.41) is 13.0. The molecule has 17 heavy (non-hydrogen) atoms. The first-order valence-electron chi connectivity index (χ1n) is 5.58. The number of fused-ring (bicyclic) bond motifs is 1. The molecule has 0 radical (unpaired) electrons. The van der Waals surface area contributed by atoms with Crippen molar-refractivity contribution in [1.29, 1.82) is 0 Å². The minimum atomic E-state index is -0.267. The molecule has 0 amide bonds. The van der Waals surface area contributed by atoms with Crippen LogP contribution in [-0.2, 0) is 0 Å². The fraction of sp³-hybridized carbons (Fsp3) is 0.286. The molecule has 88 valence electrons. The second-order valence-corrected chi connectivity index (χ2v) is 4.48. The quantitative estimate of drug-likeness (QED) is 0.548. The molecule has 0 aliphatic heterocycles. The third-order valence-electron chi connectivity index (χ3n) is 3.58. The molecule has 2 rings (SSSR count). The summed E-state index contributed by atoms with van der Waals surface area (Å²) >= 11 is 0. The topological polar surface area (TPSA) is 43.1 Å². The van der Waals surface area contributed by atoms with Gasteiger partial charge in [0.15, 0.2) is 0 Å². The number of benzene rings is 2. The van der Waals surface area contributed by atoms with Gasteiger partial charge in [0.25, 0.3) is 5.69 Å². The molecule has 3 nitrogen and oxygen atoms in total. The SMILES string of the molecule is Cc1c(C)c([N+](=O)[O-])c2c(C)cccc2c1C. The summed E-state index contributed by atoms with van der Waals surface area (Å²) in [7, 11) is 0. The number of nitro groups is 1. The lowest BCUT2D eigenvalue weighted by atomic mass is 9.92. The Labute approximate surface area is 100 Å². The molecule has 0 N–H and O–H groups in total. The van der Waals surface area contributed by atoms with E-state index in [1.807, 2.05) is 45.9 Å². The van der Waals surface area contributed by atoms with Crippen molar-refractivity contribution in [3.8, 4) is 0 Å². The fourth-order valence-electron chi connectivity index (χ4n) is 2.37. The highest BCUT2D eigenvalue weighted by Gasteiger charge is 2.21. The molecule has 0 unspecified atom stereocenters. The van der Waals surface area contributed by atoms with E-state index in [0.717, 1.165) is 33.0 Å². The average molecular weight is 229 g/mol. The summed E-state index contributed by atoms with van der Waals surface area (Å²) in [6, 6.07) is 5.82. The second-order valence-electron chi connectivity index (χ2n) is 4.48. The van der Waals surface area contributed by atoms with Gasteiger partial charge in [-0.2, -0.15) is 0 Å². The maximum atomic E-state index is 11.3. The first kappa shape index (κ1) is 11.6. The molecule has 0 saturated heterocycles. The highest BCUT2D eigenvalue weighted by Crippen LogP contribution is 2.36. The van der Waals surface area contributed by atoms with Crippen LogP contribution in [0.3, 0.4) is 0 Å². The molecule has 0 bridgehead atoms. The van der Waals surface area contributed by atoms with Gasteiger partial charge < -0.3 is 0 Å². The fourth-order valence-corrected chi connectivity index (χ4v) is 2.37. The predicted molar refractivity (Wildman–Crippen MR) is 69.6 cm³/mol. The number of hydrogen-bond acceptors (Lipinski definition) is 2. The zero-order valence-electron chi connectivity index (χ0n) is 10.5. The Hall–Kier alpha value is -1.90. The van der Waals surface area contributed by atoms with E-state index in [1.165, 1.54) is 0 Å². The summed E-state index contributed by atoms with van der Waals surface area (Å²) < 4.78 is 0. The smallest absolute Gasteiger partial charge is 0.258 e. The van der Waals surface area contributed by atoms with Crippen molar-refractivity contribution in [3.63, 3.8) is 0 Å². The van der Waals surface area contributed by atoms with E-state index in [4.69, 9.17) is 0 Å². The number of nitro benzene ring substituents is 1. The Balaban J connectivity index is 3.11. The predicted octanol–water partition coefficient (Wildman–Crippen LogP) is 3.98. The molecule has 2 aromatic rings. The van der Waals surface area contributed by atoms with Crippen LogP contribution in [0.1, 0.15) is 22.3 Å². The van der Waals surface area contributed by atoms with Crippen LogP contribution >= 0.6 is 0 Å². The molecular formula is C14H15NO2. The monoisotopic (exact) mass is 229 g/mol. The van der Waals surface area contributed by atoms with E-state index in [-0.39, 0.29) is 10.6 Å². The molecule has 0 fully saturated rings. The van der Waals surface area contributed by atoms with Gasteiger partial charge in [-0.1, -0.05) is 18.2 Å². The third kappa shape index (κ3) is 1.58. The number of rotatable bonds is 1. The van der Waals surface area contributed by atoms with Crippen molar-refractivity contribution >= 4 is 16.5 Å². The molecule has 2 aromatic carbocycles. The minimum Gasteiger partial charge on any atom is -0.258 e. The molecule has 0 saturated carbocycles. The van der Waals surface area contributed by atoms with Crippen LogP contribution in [0.2, 0.25) is 0 Å². The average Bonchev–Trinajstić information content (AvgIpc) is 2.27. The Morgan fingerprint density at radius 2 is 1.65 bits per heavy atom. The van der Waals surface area contributed by atoms with Crippen molar-refractivity contribution in [2.75, 3.05) is 0 Å². The maximum Gasteiger partial charge on any atom is 0.280 e. The first-order valence-corrected chi connectivity index (χ1v) is 5.58. The number of nitrogens with zero attached hydrogens (tertiary/aromatic N) is 1. The zero-order chi connectivity index (χ0) is 12.7. The summed E-state index contributed by atoms with van der Waals surface area (Å²) in [6.07, 6.45) is 0. The van der Waals surface area contributed by atoms with Gasteiger partial charge in [0.1, 0.15) is 0 Å². The second kappa shape index (κ2) is 3.84. The molecule has 0 heterocycles. The zero-order valence-corrected chi connectivity index (χ0v) is 10.5. The van der Waals surface area contributed by atoms with Crippen molar-refractivity contribution in [2.45, 2.75) is 27.7 Å². The van der Waals surface area contributed by atoms with Gasteiger partial charge in [-0.25, -0.2) is 0 Å². The largest absolute Gasteiger partial charge is 0.280 e. The van der Waals surface area contributed by atoms with E-state index >= 15 is 0 Å². The van der Waals surface area contributed by atoms with E-state index in [9.17, 15) is 10.1 Å².